The molecule has 0 fully saturated rings. The lowest BCUT2D eigenvalue weighted by Gasteiger charge is -2.23. The van der Waals surface area contributed by atoms with E-state index in [-0.39, 0.29) is 17.8 Å². The Morgan fingerprint density at radius 2 is 1.73 bits per heavy atom. The lowest BCUT2D eigenvalue weighted by Crippen LogP contribution is -2.35. The zero-order valence-electron chi connectivity index (χ0n) is 19.4. The molecule has 176 valence electrons. The van der Waals surface area contributed by atoms with Crippen LogP contribution in [0.25, 0.3) is 0 Å². The summed E-state index contributed by atoms with van der Waals surface area (Å²) in [4.78, 5) is 53.8. The standard InChI is InChI=1S/C23H27N3O7/c1-7-15(16(24)22(30)33-23(3,4)5)18-25-19(31-13(2)27)17(20(28)26(18)6)32-21(29)14-11-9-8-10-12-14/h8-12,15,24H,7H2,1-6H3. The van der Waals surface area contributed by atoms with Gasteiger partial charge in [0.1, 0.15) is 17.1 Å². The summed E-state index contributed by atoms with van der Waals surface area (Å²) in [5.41, 5.74) is -1.89. The van der Waals surface area contributed by atoms with Gasteiger partial charge < -0.3 is 14.2 Å². The number of carbonyl (C=O) groups excluding carboxylic acids is 3. The van der Waals surface area contributed by atoms with Crippen LogP contribution in [0, 0.1) is 5.41 Å². The maximum atomic E-state index is 13.1. The molecule has 1 aromatic heterocycles. The van der Waals surface area contributed by atoms with E-state index in [4.69, 9.17) is 19.6 Å². The summed E-state index contributed by atoms with van der Waals surface area (Å²) in [6, 6.07) is 7.94. The third kappa shape index (κ3) is 6.34. The van der Waals surface area contributed by atoms with E-state index in [1.54, 1.807) is 45.9 Å². The van der Waals surface area contributed by atoms with E-state index in [9.17, 15) is 19.2 Å². The van der Waals surface area contributed by atoms with Crippen molar-refractivity contribution in [3.8, 4) is 11.6 Å². The Hall–Kier alpha value is -3.82. The number of hydrogen-bond acceptors (Lipinski definition) is 9. The number of ether oxygens (including phenoxy) is 3. The highest BCUT2D eigenvalue weighted by Crippen LogP contribution is 2.27. The first-order valence-corrected chi connectivity index (χ1v) is 10.2. The minimum Gasteiger partial charge on any atom is -0.455 e. The molecule has 1 aromatic carbocycles. The Bertz CT molecular complexity index is 1130. The number of aromatic nitrogens is 2. The van der Waals surface area contributed by atoms with Gasteiger partial charge in [-0.15, -0.1) is 0 Å². The van der Waals surface area contributed by atoms with Crippen molar-refractivity contribution in [3.63, 3.8) is 0 Å². The number of hydrogen-bond donors (Lipinski definition) is 1. The molecule has 2 aromatic rings. The number of carbonyl (C=O) groups is 3. The molecule has 0 aliphatic heterocycles. The first-order valence-electron chi connectivity index (χ1n) is 10.2. The highest BCUT2D eigenvalue weighted by atomic mass is 16.6. The molecule has 0 saturated carbocycles. The molecule has 33 heavy (non-hydrogen) atoms. The predicted octanol–water partition coefficient (Wildman–Crippen LogP) is 2.78. The molecule has 0 amide bonds. The molecule has 0 spiro atoms. The fourth-order valence-electron chi connectivity index (χ4n) is 2.90. The highest BCUT2D eigenvalue weighted by Gasteiger charge is 2.32. The summed E-state index contributed by atoms with van der Waals surface area (Å²) >= 11 is 0. The van der Waals surface area contributed by atoms with E-state index in [1.165, 1.54) is 19.2 Å². The van der Waals surface area contributed by atoms with Gasteiger partial charge >= 0.3 is 23.5 Å². The van der Waals surface area contributed by atoms with Crippen molar-refractivity contribution >= 4 is 23.6 Å². The van der Waals surface area contributed by atoms with E-state index in [2.05, 4.69) is 4.98 Å². The Labute approximate surface area is 191 Å². The van der Waals surface area contributed by atoms with Crippen LogP contribution >= 0.6 is 0 Å². The van der Waals surface area contributed by atoms with Gasteiger partial charge in [-0.05, 0) is 39.3 Å². The molecule has 0 bridgehead atoms. The molecular formula is C23H27N3O7. The second-order valence-electron chi connectivity index (χ2n) is 8.19. The molecular weight excluding hydrogens is 430 g/mol. The van der Waals surface area contributed by atoms with Gasteiger partial charge in [-0.1, -0.05) is 25.1 Å². The van der Waals surface area contributed by atoms with Crippen molar-refractivity contribution in [1.29, 1.82) is 5.41 Å². The fraction of sp³-hybridized carbons (Fsp3) is 0.391. The maximum Gasteiger partial charge on any atom is 0.353 e. The summed E-state index contributed by atoms with van der Waals surface area (Å²) in [5.74, 6) is -4.57. The van der Waals surface area contributed by atoms with Crippen LogP contribution in [-0.2, 0) is 21.4 Å². The van der Waals surface area contributed by atoms with Crippen LogP contribution in [0.3, 0.4) is 0 Å². The second-order valence-corrected chi connectivity index (χ2v) is 8.19. The van der Waals surface area contributed by atoms with Gasteiger partial charge in [0.05, 0.1) is 11.5 Å². The minimum absolute atomic E-state index is 0.0193. The number of rotatable bonds is 7. The van der Waals surface area contributed by atoms with Crippen molar-refractivity contribution in [2.24, 2.45) is 7.05 Å². The number of nitrogens with one attached hydrogen (secondary N) is 1. The molecule has 1 heterocycles. The van der Waals surface area contributed by atoms with E-state index < -0.39 is 52.3 Å². The summed E-state index contributed by atoms with van der Waals surface area (Å²) < 4.78 is 16.6. The second kappa shape index (κ2) is 10.2. The molecule has 0 radical (unpaired) electrons. The van der Waals surface area contributed by atoms with Crippen molar-refractivity contribution in [2.75, 3.05) is 0 Å². The van der Waals surface area contributed by atoms with Crippen molar-refractivity contribution in [3.05, 3.63) is 52.1 Å². The average Bonchev–Trinajstić information content (AvgIpc) is 2.73. The molecule has 0 aliphatic carbocycles. The van der Waals surface area contributed by atoms with Gasteiger partial charge in [0.25, 0.3) is 11.6 Å². The Balaban J connectivity index is 2.54. The molecule has 1 atom stereocenters. The van der Waals surface area contributed by atoms with Gasteiger partial charge in [-0.2, -0.15) is 4.98 Å². The zero-order chi connectivity index (χ0) is 24.9. The minimum atomic E-state index is -0.939. The Morgan fingerprint density at radius 3 is 2.24 bits per heavy atom. The van der Waals surface area contributed by atoms with Crippen LogP contribution in [0.4, 0.5) is 0 Å². The molecule has 2 rings (SSSR count). The smallest absolute Gasteiger partial charge is 0.353 e. The lowest BCUT2D eigenvalue weighted by atomic mass is 9.98. The predicted molar refractivity (Wildman–Crippen MR) is 119 cm³/mol. The molecule has 1 N–H and O–H groups in total. The topological polar surface area (TPSA) is 138 Å². The van der Waals surface area contributed by atoms with E-state index in [0.717, 1.165) is 11.5 Å². The van der Waals surface area contributed by atoms with E-state index in [0.29, 0.717) is 0 Å². The SMILES string of the molecule is CCC(C(=N)C(=O)OC(C)(C)C)c1nc(OC(C)=O)c(OC(=O)c2ccccc2)c(=O)n1C. The number of esters is 3. The third-order valence-electron chi connectivity index (χ3n) is 4.38. The Kier molecular flexibility index (Phi) is 7.86. The lowest BCUT2D eigenvalue weighted by molar-refractivity contribution is -0.146. The number of nitrogens with zero attached hydrogens (tertiary/aromatic N) is 2. The molecule has 10 nitrogen and oxygen atoms in total. The van der Waals surface area contributed by atoms with Crippen molar-refractivity contribution in [1.82, 2.24) is 9.55 Å². The monoisotopic (exact) mass is 457 g/mol. The van der Waals surface area contributed by atoms with Crippen LogP contribution in [0.1, 0.15) is 63.1 Å². The molecule has 1 unspecified atom stereocenters. The van der Waals surface area contributed by atoms with Crippen LogP contribution < -0.4 is 15.0 Å². The number of benzene rings is 1. The summed E-state index contributed by atoms with van der Waals surface area (Å²) in [7, 11) is 1.35. The highest BCUT2D eigenvalue weighted by molar-refractivity contribution is 6.37. The summed E-state index contributed by atoms with van der Waals surface area (Å²) in [6.45, 7) is 7.80. The van der Waals surface area contributed by atoms with Gasteiger partial charge in [0.15, 0.2) is 0 Å². The van der Waals surface area contributed by atoms with Gasteiger partial charge in [0, 0.05) is 14.0 Å². The molecule has 0 aliphatic rings. The van der Waals surface area contributed by atoms with Crippen LogP contribution in [-0.4, -0.2) is 38.8 Å². The van der Waals surface area contributed by atoms with Crippen LogP contribution in [0.2, 0.25) is 0 Å². The van der Waals surface area contributed by atoms with Crippen molar-refractivity contribution < 1.29 is 28.6 Å². The largest absolute Gasteiger partial charge is 0.455 e. The van der Waals surface area contributed by atoms with Crippen LogP contribution in [0.5, 0.6) is 11.6 Å². The van der Waals surface area contributed by atoms with Crippen LogP contribution in [0.15, 0.2) is 35.1 Å². The molecule has 10 heteroatoms. The quantitative estimate of drug-likeness (QED) is 0.495. The van der Waals surface area contributed by atoms with E-state index in [1.807, 2.05) is 0 Å². The van der Waals surface area contributed by atoms with Crippen molar-refractivity contribution in [2.45, 2.75) is 52.6 Å². The van der Waals surface area contributed by atoms with E-state index >= 15 is 0 Å². The first kappa shape index (κ1) is 25.4. The van der Waals surface area contributed by atoms with Gasteiger partial charge in [-0.25, -0.2) is 9.59 Å². The normalized spacial score (nSPS) is 11.9. The fourth-order valence-corrected chi connectivity index (χ4v) is 2.90. The molecule has 0 saturated heterocycles. The summed E-state index contributed by atoms with van der Waals surface area (Å²) in [6.07, 6.45) is 0.223. The summed E-state index contributed by atoms with van der Waals surface area (Å²) in [5, 5.41) is 8.30. The average molecular weight is 457 g/mol. The van der Waals surface area contributed by atoms with Gasteiger partial charge in [-0.3, -0.25) is 19.6 Å². The first-order chi connectivity index (χ1) is 15.4. The third-order valence-corrected chi connectivity index (χ3v) is 4.38. The van der Waals surface area contributed by atoms with Gasteiger partial charge in [0.2, 0.25) is 0 Å². The maximum absolute atomic E-state index is 13.1. The zero-order valence-corrected chi connectivity index (χ0v) is 19.4. The Morgan fingerprint density at radius 1 is 1.12 bits per heavy atom.